The topological polar surface area (TPSA) is 188 Å². The van der Waals surface area contributed by atoms with Gasteiger partial charge in [-0.2, -0.15) is 0 Å². The number of imide groups is 2. The number of benzene rings is 11. The second-order valence-corrected chi connectivity index (χ2v) is 31.5. The van der Waals surface area contributed by atoms with Crippen molar-refractivity contribution in [3.8, 4) is 46.0 Å². The lowest BCUT2D eigenvalue weighted by atomic mass is 9.80. The van der Waals surface area contributed by atoms with Gasteiger partial charge in [-0.25, -0.2) is 0 Å². The van der Waals surface area contributed by atoms with Crippen molar-refractivity contribution in [2.45, 2.75) is 144 Å². The molecule has 0 radical (unpaired) electrons. The van der Waals surface area contributed by atoms with Crippen LogP contribution in [0.5, 0.6) is 46.0 Å². The highest BCUT2D eigenvalue weighted by molar-refractivity contribution is 6.45. The summed E-state index contributed by atoms with van der Waals surface area (Å²) in [5, 5.41) is 8.20. The van der Waals surface area contributed by atoms with E-state index in [1.165, 1.54) is 0 Å². The summed E-state index contributed by atoms with van der Waals surface area (Å²) in [6.45, 7) is 30.5. The molecule has 2 aliphatic rings. The molecule has 13 rings (SSSR count). The van der Waals surface area contributed by atoms with E-state index in [4.69, 9.17) is 28.4 Å². The van der Waals surface area contributed by atoms with Gasteiger partial charge in [-0.05, 0) is 142 Å². The van der Waals surface area contributed by atoms with E-state index in [2.05, 4.69) is 93.7 Å². The van der Waals surface area contributed by atoms with Crippen LogP contribution in [-0.2, 0) is 53.6 Å². The molecule has 544 valence electrons. The maximum atomic E-state index is 16.5. The number of ether oxygens (including phenoxy) is 6. The summed E-state index contributed by atoms with van der Waals surface area (Å²) >= 11 is 0. The fourth-order valence-corrected chi connectivity index (χ4v) is 14.3. The first kappa shape index (κ1) is 73.4. The zero-order valence-corrected chi connectivity index (χ0v) is 62.9. The number of rotatable bonds is 24. The summed E-state index contributed by atoms with van der Waals surface area (Å²) in [6, 6.07) is 52.9. The number of hydrogen-bond acceptors (Lipinski definition) is 12. The van der Waals surface area contributed by atoms with E-state index in [1.54, 1.807) is 24.3 Å². The molecule has 2 heterocycles. The van der Waals surface area contributed by atoms with Crippen molar-refractivity contribution in [2.24, 2.45) is 0 Å². The summed E-state index contributed by atoms with van der Waals surface area (Å²) in [7, 11) is 0. The van der Waals surface area contributed by atoms with E-state index in [0.717, 1.165) is 32.1 Å². The van der Waals surface area contributed by atoms with Crippen molar-refractivity contribution in [3.63, 3.8) is 0 Å². The Morgan fingerprint density at radius 2 is 0.585 bits per heavy atom. The number of fused-ring (bicyclic) bond motifs is 2. The lowest BCUT2D eigenvalue weighted by molar-refractivity contribution is -0.125. The minimum absolute atomic E-state index is 0.0247. The summed E-state index contributed by atoms with van der Waals surface area (Å²) in [6.07, 6.45) is -0.0917. The lowest BCUT2D eigenvalue weighted by Gasteiger charge is -2.36. The summed E-state index contributed by atoms with van der Waals surface area (Å²) < 4.78 is 40.9. The molecule has 11 aromatic carbocycles. The van der Waals surface area contributed by atoms with Crippen LogP contribution in [0, 0.1) is 0 Å². The van der Waals surface area contributed by atoms with Crippen molar-refractivity contribution in [2.75, 3.05) is 39.5 Å². The predicted molar refractivity (Wildman–Crippen MR) is 416 cm³/mol. The van der Waals surface area contributed by atoms with Crippen molar-refractivity contribution in [1.82, 2.24) is 20.4 Å². The number of carbonyl (C=O) groups excluding carboxylic acids is 6. The van der Waals surface area contributed by atoms with Gasteiger partial charge in [-0.3, -0.25) is 38.6 Å². The van der Waals surface area contributed by atoms with Gasteiger partial charge in [0.05, 0.1) is 35.5 Å². The Morgan fingerprint density at radius 1 is 0.340 bits per heavy atom. The molecule has 0 aromatic heterocycles. The van der Waals surface area contributed by atoms with E-state index in [0.29, 0.717) is 79.7 Å². The van der Waals surface area contributed by atoms with E-state index >= 15 is 28.8 Å². The first-order valence-electron chi connectivity index (χ1n) is 36.6. The molecule has 2 atom stereocenters. The van der Waals surface area contributed by atoms with Crippen LogP contribution in [0.2, 0.25) is 0 Å². The van der Waals surface area contributed by atoms with E-state index in [9.17, 15) is 0 Å². The third-order valence-corrected chi connectivity index (χ3v) is 20.0. The van der Waals surface area contributed by atoms with Crippen LogP contribution in [-0.4, -0.2) is 96.8 Å². The average molecular weight is 1420 g/mol. The molecule has 0 fully saturated rings. The van der Waals surface area contributed by atoms with Crippen molar-refractivity contribution < 1.29 is 57.2 Å². The van der Waals surface area contributed by atoms with Gasteiger partial charge in [0.1, 0.15) is 58.1 Å². The zero-order valence-electron chi connectivity index (χ0n) is 62.9. The van der Waals surface area contributed by atoms with Crippen LogP contribution in [0.1, 0.15) is 172 Å². The van der Waals surface area contributed by atoms with Gasteiger partial charge in [0, 0.05) is 82.2 Å². The predicted octanol–water partition coefficient (Wildman–Crippen LogP) is 18.8. The Hall–Kier alpha value is -10.9. The Balaban J connectivity index is 1.20. The quantitative estimate of drug-likeness (QED) is 0.0252. The molecule has 0 bridgehead atoms. The van der Waals surface area contributed by atoms with Gasteiger partial charge in [0.15, 0.2) is 0 Å². The van der Waals surface area contributed by atoms with Crippen molar-refractivity contribution >= 4 is 78.5 Å². The molecule has 2 aliphatic heterocycles. The molecule has 0 saturated heterocycles. The molecule has 0 saturated carbocycles. The lowest BCUT2D eigenvalue weighted by Crippen LogP contribution is -2.55. The van der Waals surface area contributed by atoms with Crippen molar-refractivity contribution in [1.29, 1.82) is 0 Å². The highest BCUT2D eigenvalue weighted by Gasteiger charge is 2.47. The summed E-state index contributed by atoms with van der Waals surface area (Å²) in [5.74, 6) is -2.35. The molecule has 16 heteroatoms. The molecule has 2 unspecified atom stereocenters. The molecular formula is C90H92N4O12. The minimum atomic E-state index is -1.39. The molecule has 106 heavy (non-hydrogen) atoms. The number of nitrogens with zero attached hydrogens (tertiary/aromatic N) is 2. The Kier molecular flexibility index (Phi) is 20.2. The monoisotopic (exact) mass is 1420 g/mol. The molecule has 0 aliphatic carbocycles. The first-order chi connectivity index (χ1) is 50.5. The average Bonchev–Trinajstić information content (AvgIpc) is 0.670. The Labute approximate surface area is 619 Å². The van der Waals surface area contributed by atoms with Crippen LogP contribution in [0.3, 0.4) is 0 Å². The normalized spacial score (nSPS) is 14.0. The second-order valence-electron chi connectivity index (χ2n) is 31.5. The highest BCUT2D eigenvalue weighted by Crippen LogP contribution is 2.58. The number of hydrogen-bond donors (Lipinski definition) is 2. The standard InChI is InChI=1S/C90H92N4O12/c1-15-101-45-43-91-81(95)67(47-53-23-19-17-20-24-53)93-83(97)63-49-69(103-59-35-27-55(28-36-59)87(3,4)5)75-77-71(105-61-39-31-57(32-40-61)89(9,10)11)51-65-74-66(86(100)94(85(65)99)68(48-54-25-21-18-22-26-54)82(96)92-44-46-102-16-2)52-72(106-62-41-33-58(34-42-62)90(12,13)14)78(80(74)77)76-70(50-64(84(93)98)73(63)79(75)76)104-60-37-29-56(30-38-60)88(6,7)8/h17-42,49-52,67-68H,15-16,43-48H2,1-14H3,(H,91,95)(H,92,96). The van der Waals surface area contributed by atoms with E-state index < -0.39 is 47.5 Å². The van der Waals surface area contributed by atoms with Gasteiger partial charge in [-0.1, -0.05) is 192 Å². The molecule has 16 nitrogen and oxygen atoms in total. The van der Waals surface area contributed by atoms with Gasteiger partial charge >= 0.3 is 0 Å². The first-order valence-corrected chi connectivity index (χ1v) is 36.6. The Bertz CT molecular complexity index is 4610. The third-order valence-electron chi connectivity index (χ3n) is 20.0. The number of carbonyl (C=O) groups is 6. The van der Waals surface area contributed by atoms with Crippen LogP contribution in [0.4, 0.5) is 0 Å². The third kappa shape index (κ3) is 14.5. The molecule has 0 spiro atoms. The highest BCUT2D eigenvalue weighted by atomic mass is 16.5. The van der Waals surface area contributed by atoms with E-state index in [-0.39, 0.29) is 117 Å². The smallest absolute Gasteiger partial charge is 0.262 e. The Morgan fingerprint density at radius 3 is 0.811 bits per heavy atom. The van der Waals surface area contributed by atoms with Crippen LogP contribution >= 0.6 is 0 Å². The maximum Gasteiger partial charge on any atom is 0.262 e. The zero-order chi connectivity index (χ0) is 75.3. The molecule has 11 aromatic rings. The largest absolute Gasteiger partial charge is 0.457 e. The van der Waals surface area contributed by atoms with Gasteiger partial charge in [0.2, 0.25) is 11.8 Å². The van der Waals surface area contributed by atoms with Gasteiger partial charge < -0.3 is 39.1 Å². The fourth-order valence-electron chi connectivity index (χ4n) is 14.3. The van der Waals surface area contributed by atoms with E-state index in [1.807, 2.05) is 172 Å². The fraction of sp³-hybridized carbons (Fsp3) is 0.311. The van der Waals surface area contributed by atoms with Crippen LogP contribution in [0.15, 0.2) is 182 Å². The molecule has 2 N–H and O–H groups in total. The molecule has 6 amide bonds. The number of amides is 6. The SMILES string of the molecule is CCOCCNC(=O)C(Cc1ccccc1)N1C(=O)c2cc(Oc3ccc(C(C)(C)C)cc3)c3c4c(Oc5ccc(C(C)(C)C)cc5)cc5c6c(cc(Oc7ccc(C(C)(C)C)cc7)c(c7c(Oc8ccc(C(C)(C)C)cc8)cc(c2c37)C1=O)c64)C(=O)N(C(Cc1ccccc1)C(=O)NCCOCC)C5=O. The van der Waals surface area contributed by atoms with Crippen LogP contribution in [0.25, 0.3) is 43.1 Å². The van der Waals surface area contributed by atoms with Gasteiger partial charge in [-0.15, -0.1) is 0 Å². The molecular weight excluding hydrogens is 1330 g/mol. The summed E-state index contributed by atoms with van der Waals surface area (Å²) in [5.41, 5.74) is 4.53. The van der Waals surface area contributed by atoms with Gasteiger partial charge in [0.25, 0.3) is 23.6 Å². The number of nitrogens with one attached hydrogen (secondary N) is 2. The minimum Gasteiger partial charge on any atom is -0.457 e. The summed E-state index contributed by atoms with van der Waals surface area (Å²) in [4.78, 5) is 98.5. The van der Waals surface area contributed by atoms with Crippen molar-refractivity contribution in [3.05, 3.63) is 238 Å². The van der Waals surface area contributed by atoms with Crippen LogP contribution < -0.4 is 29.6 Å². The second kappa shape index (κ2) is 29.2. The maximum absolute atomic E-state index is 16.5.